The average Bonchev–Trinajstić information content (AvgIpc) is 2.56. The van der Waals surface area contributed by atoms with E-state index in [2.05, 4.69) is 67.4 Å². The van der Waals surface area contributed by atoms with Crippen LogP contribution in [0.5, 0.6) is 0 Å². The highest BCUT2D eigenvalue weighted by Crippen LogP contribution is 2.50. The Bertz CT molecular complexity index is 646. The largest absolute Gasteiger partial charge is 0.289 e. The van der Waals surface area contributed by atoms with E-state index in [0.717, 1.165) is 12.8 Å². The third kappa shape index (κ3) is 1.39. The summed E-state index contributed by atoms with van der Waals surface area (Å²) in [6, 6.07) is 18.5. The van der Waals surface area contributed by atoms with Crippen LogP contribution >= 0.6 is 0 Å². The SMILES string of the molecule is CN1C2Cc3ccccc3CC1(C)c1ccccc12. The van der Waals surface area contributed by atoms with E-state index in [1.165, 1.54) is 22.3 Å². The van der Waals surface area contributed by atoms with Crippen LogP contribution in [0.1, 0.15) is 35.2 Å². The summed E-state index contributed by atoms with van der Waals surface area (Å²) in [5, 5.41) is 0. The molecule has 1 nitrogen and oxygen atoms in total. The molecule has 2 unspecified atom stereocenters. The molecule has 2 heterocycles. The van der Waals surface area contributed by atoms with E-state index in [-0.39, 0.29) is 5.54 Å². The minimum Gasteiger partial charge on any atom is -0.289 e. The normalized spacial score (nSPS) is 28.6. The Kier molecular flexibility index (Phi) is 2.19. The Labute approximate surface area is 114 Å². The third-order valence-corrected chi connectivity index (χ3v) is 5.21. The molecule has 0 saturated heterocycles. The standard InChI is InChI=1S/C18H19N/c1-18-12-14-8-4-3-7-13(14)11-17(19(18)2)15-9-5-6-10-16(15)18/h3-10,17H,11-12H2,1-2H3. The second-order valence-corrected chi connectivity index (χ2v) is 6.14. The number of rotatable bonds is 0. The van der Waals surface area contributed by atoms with Gasteiger partial charge in [0.2, 0.25) is 0 Å². The molecular weight excluding hydrogens is 230 g/mol. The summed E-state index contributed by atoms with van der Waals surface area (Å²) in [5.41, 5.74) is 6.25. The van der Waals surface area contributed by atoms with Crippen molar-refractivity contribution in [2.75, 3.05) is 7.05 Å². The molecule has 0 fully saturated rings. The van der Waals surface area contributed by atoms with E-state index in [1.54, 1.807) is 0 Å². The van der Waals surface area contributed by atoms with Gasteiger partial charge in [0.05, 0.1) is 0 Å². The highest BCUT2D eigenvalue weighted by molar-refractivity contribution is 5.46. The molecule has 19 heavy (non-hydrogen) atoms. The maximum atomic E-state index is 2.58. The van der Waals surface area contributed by atoms with Gasteiger partial charge in [-0.25, -0.2) is 0 Å². The summed E-state index contributed by atoms with van der Waals surface area (Å²) in [4.78, 5) is 2.58. The third-order valence-electron chi connectivity index (χ3n) is 5.21. The van der Waals surface area contributed by atoms with Crippen LogP contribution in [-0.4, -0.2) is 11.9 Å². The molecule has 0 amide bonds. The molecule has 0 saturated carbocycles. The van der Waals surface area contributed by atoms with Gasteiger partial charge in [0.25, 0.3) is 0 Å². The molecule has 2 aliphatic heterocycles. The molecule has 0 spiro atoms. The van der Waals surface area contributed by atoms with Crippen molar-refractivity contribution in [2.24, 2.45) is 0 Å². The average molecular weight is 249 g/mol. The molecule has 2 bridgehead atoms. The predicted octanol–water partition coefficient (Wildman–Crippen LogP) is 3.69. The lowest BCUT2D eigenvalue weighted by atomic mass is 9.82. The zero-order valence-corrected chi connectivity index (χ0v) is 11.6. The van der Waals surface area contributed by atoms with Crippen molar-refractivity contribution in [3.05, 3.63) is 70.8 Å². The van der Waals surface area contributed by atoms with E-state index < -0.39 is 0 Å². The quantitative estimate of drug-likeness (QED) is 0.688. The van der Waals surface area contributed by atoms with E-state index in [0.29, 0.717) is 6.04 Å². The number of hydrogen-bond acceptors (Lipinski definition) is 1. The van der Waals surface area contributed by atoms with Gasteiger partial charge in [-0.15, -0.1) is 0 Å². The Balaban J connectivity index is 1.95. The predicted molar refractivity (Wildman–Crippen MR) is 78.1 cm³/mol. The van der Waals surface area contributed by atoms with Crippen molar-refractivity contribution < 1.29 is 0 Å². The van der Waals surface area contributed by atoms with Crippen molar-refractivity contribution in [1.29, 1.82) is 0 Å². The molecule has 96 valence electrons. The molecule has 2 aromatic rings. The van der Waals surface area contributed by atoms with Gasteiger partial charge >= 0.3 is 0 Å². The molecule has 0 N–H and O–H groups in total. The van der Waals surface area contributed by atoms with Gasteiger partial charge in [-0.3, -0.25) is 4.90 Å². The van der Waals surface area contributed by atoms with Gasteiger partial charge in [-0.1, -0.05) is 48.5 Å². The molecule has 2 atom stereocenters. The van der Waals surface area contributed by atoms with Crippen molar-refractivity contribution in [2.45, 2.75) is 31.3 Å². The topological polar surface area (TPSA) is 3.24 Å². The first-order chi connectivity index (χ1) is 9.20. The van der Waals surface area contributed by atoms with E-state index in [9.17, 15) is 0 Å². The van der Waals surface area contributed by atoms with Crippen LogP contribution in [-0.2, 0) is 18.4 Å². The number of hydrogen-bond donors (Lipinski definition) is 0. The van der Waals surface area contributed by atoms with Crippen LogP contribution in [0, 0.1) is 0 Å². The molecule has 1 heteroatoms. The molecule has 0 radical (unpaired) electrons. The van der Waals surface area contributed by atoms with E-state index in [4.69, 9.17) is 0 Å². The Morgan fingerprint density at radius 1 is 1.00 bits per heavy atom. The summed E-state index contributed by atoms with van der Waals surface area (Å²) in [7, 11) is 2.29. The summed E-state index contributed by atoms with van der Waals surface area (Å²) in [5.74, 6) is 0. The summed E-state index contributed by atoms with van der Waals surface area (Å²) >= 11 is 0. The lowest BCUT2D eigenvalue weighted by molar-refractivity contribution is 0.121. The molecule has 2 aliphatic rings. The van der Waals surface area contributed by atoms with Gasteiger partial charge in [0.1, 0.15) is 0 Å². The van der Waals surface area contributed by atoms with Crippen molar-refractivity contribution in [3.63, 3.8) is 0 Å². The first-order valence-corrected chi connectivity index (χ1v) is 7.09. The lowest BCUT2D eigenvalue weighted by Crippen LogP contribution is -2.38. The second-order valence-electron chi connectivity index (χ2n) is 6.14. The van der Waals surface area contributed by atoms with Crippen LogP contribution in [0.25, 0.3) is 0 Å². The van der Waals surface area contributed by atoms with Gasteiger partial charge in [-0.05, 0) is 49.1 Å². The van der Waals surface area contributed by atoms with Crippen molar-refractivity contribution in [1.82, 2.24) is 4.90 Å². The fourth-order valence-electron chi connectivity index (χ4n) is 4.00. The van der Waals surface area contributed by atoms with Crippen molar-refractivity contribution >= 4 is 0 Å². The van der Waals surface area contributed by atoms with Crippen LogP contribution in [0.3, 0.4) is 0 Å². The Hall–Kier alpha value is -1.60. The minimum absolute atomic E-state index is 0.147. The van der Waals surface area contributed by atoms with Gasteiger partial charge in [0.15, 0.2) is 0 Å². The fraction of sp³-hybridized carbons (Fsp3) is 0.333. The minimum atomic E-state index is 0.147. The second kappa shape index (κ2) is 3.71. The van der Waals surface area contributed by atoms with Crippen LogP contribution in [0.2, 0.25) is 0 Å². The number of fused-ring (bicyclic) bond motifs is 6. The molecular formula is C18H19N. The number of likely N-dealkylation sites (N-methyl/N-ethyl adjacent to an activating group) is 1. The van der Waals surface area contributed by atoms with Crippen molar-refractivity contribution in [3.8, 4) is 0 Å². The zero-order chi connectivity index (χ0) is 13.0. The summed E-state index contributed by atoms with van der Waals surface area (Å²) < 4.78 is 0. The Morgan fingerprint density at radius 3 is 2.53 bits per heavy atom. The first kappa shape index (κ1) is 11.2. The monoisotopic (exact) mass is 249 g/mol. The highest BCUT2D eigenvalue weighted by atomic mass is 15.2. The molecule has 2 aromatic carbocycles. The van der Waals surface area contributed by atoms with Gasteiger partial charge in [-0.2, -0.15) is 0 Å². The smallest absolute Gasteiger partial charge is 0.0479 e. The van der Waals surface area contributed by atoms with E-state index >= 15 is 0 Å². The van der Waals surface area contributed by atoms with Crippen LogP contribution in [0.4, 0.5) is 0 Å². The van der Waals surface area contributed by atoms with Crippen LogP contribution in [0.15, 0.2) is 48.5 Å². The van der Waals surface area contributed by atoms with Gasteiger partial charge < -0.3 is 0 Å². The Morgan fingerprint density at radius 2 is 1.68 bits per heavy atom. The zero-order valence-electron chi connectivity index (χ0n) is 11.6. The number of benzene rings is 2. The summed E-state index contributed by atoms with van der Waals surface area (Å²) in [6.07, 6.45) is 2.26. The molecule has 0 aromatic heterocycles. The molecule has 0 aliphatic carbocycles. The maximum absolute atomic E-state index is 2.58. The highest BCUT2D eigenvalue weighted by Gasteiger charge is 2.46. The lowest BCUT2D eigenvalue weighted by Gasteiger charge is -2.34. The fourth-order valence-corrected chi connectivity index (χ4v) is 4.00. The summed E-state index contributed by atoms with van der Waals surface area (Å²) in [6.45, 7) is 2.40. The maximum Gasteiger partial charge on any atom is 0.0479 e. The van der Waals surface area contributed by atoms with Crippen LogP contribution < -0.4 is 0 Å². The van der Waals surface area contributed by atoms with E-state index in [1.807, 2.05) is 0 Å². The first-order valence-electron chi connectivity index (χ1n) is 7.09. The van der Waals surface area contributed by atoms with Gasteiger partial charge in [0, 0.05) is 11.6 Å². The number of nitrogens with zero attached hydrogens (tertiary/aromatic N) is 1. The molecule has 4 rings (SSSR count).